The van der Waals surface area contributed by atoms with E-state index in [1.165, 1.54) is 6.20 Å². The lowest BCUT2D eigenvalue weighted by molar-refractivity contribution is 0.0274. The van der Waals surface area contributed by atoms with Gasteiger partial charge in [-0.15, -0.1) is 0 Å². The second-order valence-corrected chi connectivity index (χ2v) is 3.69. The molecule has 0 spiro atoms. The highest BCUT2D eigenvalue weighted by atomic mass is 35.5. The Morgan fingerprint density at radius 2 is 2.47 bits per heavy atom. The van der Waals surface area contributed by atoms with Gasteiger partial charge in [0.15, 0.2) is 0 Å². The van der Waals surface area contributed by atoms with Crippen LogP contribution in [0.15, 0.2) is 18.5 Å². The molecule has 1 unspecified atom stereocenters. The number of carbonyl (C=O) groups is 1. The molecular weight excluding hydrogens is 216 g/mol. The Morgan fingerprint density at radius 1 is 1.60 bits per heavy atom. The van der Waals surface area contributed by atoms with Crippen molar-refractivity contribution in [3.63, 3.8) is 0 Å². The molecule has 0 saturated carbocycles. The molecule has 0 aliphatic carbocycles. The van der Waals surface area contributed by atoms with Gasteiger partial charge in [0, 0.05) is 31.0 Å². The molecule has 80 valence electrons. The molecule has 1 aromatic rings. The van der Waals surface area contributed by atoms with Crippen molar-refractivity contribution < 1.29 is 9.53 Å². The summed E-state index contributed by atoms with van der Waals surface area (Å²) in [4.78, 5) is 14.9. The highest BCUT2D eigenvalue weighted by Gasteiger charge is 2.16. The van der Waals surface area contributed by atoms with Gasteiger partial charge in [0.05, 0.1) is 18.3 Å². The van der Waals surface area contributed by atoms with Gasteiger partial charge < -0.3 is 10.1 Å². The van der Waals surface area contributed by atoms with Gasteiger partial charge in [0.1, 0.15) is 0 Å². The molecule has 0 aromatic carbocycles. The largest absolute Gasteiger partial charge is 0.371 e. The smallest absolute Gasteiger partial charge is 0.253 e. The molecule has 0 bridgehead atoms. The van der Waals surface area contributed by atoms with E-state index in [2.05, 4.69) is 10.3 Å². The van der Waals surface area contributed by atoms with Gasteiger partial charge in [0.25, 0.3) is 5.24 Å². The lowest BCUT2D eigenvalue weighted by Crippen LogP contribution is -2.33. The zero-order valence-corrected chi connectivity index (χ0v) is 8.83. The molecule has 1 atom stereocenters. The number of carbonyl (C=O) groups excluding carboxylic acids is 1. The molecule has 2 rings (SSSR count). The zero-order chi connectivity index (χ0) is 10.7. The van der Waals surface area contributed by atoms with Crippen molar-refractivity contribution in [3.8, 4) is 0 Å². The van der Waals surface area contributed by atoms with Gasteiger partial charge in [-0.25, -0.2) is 0 Å². The van der Waals surface area contributed by atoms with E-state index in [0.29, 0.717) is 12.2 Å². The number of nitrogens with one attached hydrogen (secondary N) is 1. The van der Waals surface area contributed by atoms with Gasteiger partial charge >= 0.3 is 0 Å². The van der Waals surface area contributed by atoms with Crippen molar-refractivity contribution in [2.24, 2.45) is 0 Å². The number of hydrogen-bond acceptors (Lipinski definition) is 4. The van der Waals surface area contributed by atoms with E-state index in [1.54, 1.807) is 12.3 Å². The molecule has 1 aliphatic heterocycles. The summed E-state index contributed by atoms with van der Waals surface area (Å²) >= 11 is 5.38. The van der Waals surface area contributed by atoms with Crippen LogP contribution in [0.4, 0.5) is 0 Å². The average molecular weight is 227 g/mol. The number of pyridine rings is 1. The first-order chi connectivity index (χ1) is 7.27. The third-order valence-electron chi connectivity index (χ3n) is 2.29. The van der Waals surface area contributed by atoms with Gasteiger partial charge in [0.2, 0.25) is 0 Å². The first-order valence-electron chi connectivity index (χ1n) is 4.74. The Bertz CT molecular complexity index is 364. The Hall–Kier alpha value is -0.970. The standard InChI is InChI=1S/C10H11ClN2O2/c11-10(14)8-3-7(4-13-5-8)9-6-12-1-2-15-9/h3-5,9,12H,1-2,6H2. The quantitative estimate of drug-likeness (QED) is 0.768. The molecular formula is C10H11ClN2O2. The van der Waals surface area contributed by atoms with Gasteiger partial charge in [-0.1, -0.05) is 0 Å². The third kappa shape index (κ3) is 2.53. The molecule has 1 fully saturated rings. The summed E-state index contributed by atoms with van der Waals surface area (Å²) in [6.45, 7) is 2.27. The normalized spacial score (nSPS) is 21.3. The van der Waals surface area contributed by atoms with Crippen molar-refractivity contribution >= 4 is 16.8 Å². The van der Waals surface area contributed by atoms with Gasteiger partial charge in [-0.3, -0.25) is 9.78 Å². The van der Waals surface area contributed by atoms with E-state index >= 15 is 0 Å². The van der Waals surface area contributed by atoms with Crippen LogP contribution >= 0.6 is 11.6 Å². The Morgan fingerprint density at radius 3 is 3.13 bits per heavy atom. The first kappa shape index (κ1) is 10.5. The summed E-state index contributed by atoms with van der Waals surface area (Å²) in [5.41, 5.74) is 1.29. The minimum absolute atomic E-state index is 0.0396. The van der Waals surface area contributed by atoms with Crippen LogP contribution in [0.5, 0.6) is 0 Å². The zero-order valence-electron chi connectivity index (χ0n) is 8.07. The van der Waals surface area contributed by atoms with Crippen molar-refractivity contribution in [1.82, 2.24) is 10.3 Å². The number of hydrogen-bond donors (Lipinski definition) is 1. The fraction of sp³-hybridized carbons (Fsp3) is 0.400. The maximum absolute atomic E-state index is 10.9. The van der Waals surface area contributed by atoms with Crippen LogP contribution in [0.3, 0.4) is 0 Å². The Kier molecular flexibility index (Phi) is 3.30. The number of morpholine rings is 1. The fourth-order valence-corrected chi connectivity index (χ4v) is 1.62. The predicted octanol–water partition coefficient (Wildman–Crippen LogP) is 1.12. The number of rotatable bonds is 2. The molecule has 5 heteroatoms. The van der Waals surface area contributed by atoms with Crippen LogP contribution < -0.4 is 5.32 Å². The van der Waals surface area contributed by atoms with Crippen molar-refractivity contribution in [1.29, 1.82) is 0 Å². The predicted molar refractivity (Wildman–Crippen MR) is 56.0 cm³/mol. The van der Waals surface area contributed by atoms with Crippen LogP contribution in [0.25, 0.3) is 0 Å². The molecule has 1 saturated heterocycles. The highest BCUT2D eigenvalue weighted by Crippen LogP contribution is 2.19. The third-order valence-corrected chi connectivity index (χ3v) is 2.50. The minimum Gasteiger partial charge on any atom is -0.371 e. The summed E-state index contributed by atoms with van der Waals surface area (Å²) < 4.78 is 5.54. The lowest BCUT2D eigenvalue weighted by Gasteiger charge is -2.23. The first-order valence-corrected chi connectivity index (χ1v) is 5.12. The SMILES string of the molecule is O=C(Cl)c1cncc(C2CNCCO2)c1. The van der Waals surface area contributed by atoms with E-state index in [-0.39, 0.29) is 6.10 Å². The second-order valence-electron chi connectivity index (χ2n) is 3.34. The van der Waals surface area contributed by atoms with Crippen molar-refractivity contribution in [2.45, 2.75) is 6.10 Å². The number of ether oxygens (including phenoxy) is 1. The molecule has 1 aromatic heterocycles. The highest BCUT2D eigenvalue weighted by molar-refractivity contribution is 6.67. The van der Waals surface area contributed by atoms with Crippen LogP contribution in [-0.4, -0.2) is 29.9 Å². The molecule has 4 nitrogen and oxygen atoms in total. The average Bonchev–Trinajstić information content (AvgIpc) is 2.30. The summed E-state index contributed by atoms with van der Waals surface area (Å²) in [6.07, 6.45) is 3.11. The number of nitrogens with zero attached hydrogens (tertiary/aromatic N) is 1. The topological polar surface area (TPSA) is 51.2 Å². The van der Waals surface area contributed by atoms with Crippen molar-refractivity contribution in [2.75, 3.05) is 19.7 Å². The minimum atomic E-state index is -0.492. The van der Waals surface area contributed by atoms with E-state index in [0.717, 1.165) is 18.7 Å². The molecule has 1 aliphatic rings. The van der Waals surface area contributed by atoms with Gasteiger partial charge in [-0.05, 0) is 17.7 Å². The van der Waals surface area contributed by atoms with Crippen molar-refractivity contribution in [3.05, 3.63) is 29.6 Å². The molecule has 15 heavy (non-hydrogen) atoms. The van der Waals surface area contributed by atoms with E-state index in [9.17, 15) is 4.79 Å². The van der Waals surface area contributed by atoms with E-state index in [1.807, 2.05) is 0 Å². The lowest BCUT2D eigenvalue weighted by atomic mass is 10.1. The van der Waals surface area contributed by atoms with E-state index < -0.39 is 5.24 Å². The number of aromatic nitrogens is 1. The Balaban J connectivity index is 2.19. The van der Waals surface area contributed by atoms with Gasteiger partial charge in [-0.2, -0.15) is 0 Å². The fourth-order valence-electron chi connectivity index (χ4n) is 1.52. The van der Waals surface area contributed by atoms with Crippen LogP contribution in [0.1, 0.15) is 22.0 Å². The summed E-state index contributed by atoms with van der Waals surface area (Å²) in [5, 5.41) is 2.72. The number of halogens is 1. The molecule has 0 amide bonds. The summed E-state index contributed by atoms with van der Waals surface area (Å²) in [5.74, 6) is 0. The summed E-state index contributed by atoms with van der Waals surface area (Å²) in [7, 11) is 0. The van der Waals surface area contributed by atoms with E-state index in [4.69, 9.17) is 16.3 Å². The van der Waals surface area contributed by atoms with Crippen LogP contribution in [0, 0.1) is 0 Å². The maximum Gasteiger partial charge on any atom is 0.253 e. The van der Waals surface area contributed by atoms with Crippen LogP contribution in [-0.2, 0) is 4.74 Å². The monoisotopic (exact) mass is 226 g/mol. The molecule has 0 radical (unpaired) electrons. The maximum atomic E-state index is 10.9. The summed E-state index contributed by atoms with van der Waals surface area (Å²) in [6, 6.07) is 1.72. The Labute approximate surface area is 92.6 Å². The van der Waals surface area contributed by atoms with Crippen LogP contribution in [0.2, 0.25) is 0 Å². The molecule has 2 heterocycles. The second kappa shape index (κ2) is 4.70. The molecule has 1 N–H and O–H groups in total.